The molecule has 0 saturated heterocycles. The van der Waals surface area contributed by atoms with Crippen LogP contribution in [-0.2, 0) is 24.2 Å². The molecular weight excluding hydrogens is 473 g/mol. The van der Waals surface area contributed by atoms with E-state index in [0.29, 0.717) is 13.1 Å². The Balaban J connectivity index is 3.12. The maximum Gasteiger partial charge on any atom is 0.305 e. The minimum absolute atomic E-state index is 0.00582. The summed E-state index contributed by atoms with van der Waals surface area (Å²) in [6.07, 6.45) is 5.82. The summed E-state index contributed by atoms with van der Waals surface area (Å²) in [6, 6.07) is 4.09. The average molecular weight is 509 g/mol. The van der Waals surface area contributed by atoms with Crippen LogP contribution >= 0.6 is 23.2 Å². The lowest BCUT2D eigenvalue weighted by Gasteiger charge is -2.27. The predicted octanol–water partition coefficient (Wildman–Crippen LogP) is 5.55. The summed E-state index contributed by atoms with van der Waals surface area (Å²) in [5.41, 5.74) is 0. The van der Waals surface area contributed by atoms with Gasteiger partial charge in [-0.25, -0.2) is 8.42 Å². The van der Waals surface area contributed by atoms with Gasteiger partial charge in [0.2, 0.25) is 5.91 Å². The third-order valence-corrected chi connectivity index (χ3v) is 7.87. The number of esters is 1. The minimum Gasteiger partial charge on any atom is -0.469 e. The number of carbonyl (C=O) groups excluding carboxylic acids is 2. The first-order valence-electron chi connectivity index (χ1n) is 11.2. The first-order valence-corrected chi connectivity index (χ1v) is 13.6. The summed E-state index contributed by atoms with van der Waals surface area (Å²) in [5.74, 6) is -1.96. The zero-order chi connectivity index (χ0) is 24.1. The lowest BCUT2D eigenvalue weighted by Crippen LogP contribution is -2.40. The molecule has 0 fully saturated rings. The van der Waals surface area contributed by atoms with Crippen LogP contribution in [0, 0.1) is 5.92 Å². The van der Waals surface area contributed by atoms with Gasteiger partial charge in [-0.3, -0.25) is 9.59 Å². The van der Waals surface area contributed by atoms with Crippen LogP contribution in [0.15, 0.2) is 23.1 Å². The molecule has 0 radical (unpaired) electrons. The molecule has 9 heteroatoms. The van der Waals surface area contributed by atoms with Crippen molar-refractivity contribution in [2.45, 2.75) is 70.1 Å². The molecular formula is C23H35Cl2NO5S. The van der Waals surface area contributed by atoms with Crippen molar-refractivity contribution < 1.29 is 22.7 Å². The van der Waals surface area contributed by atoms with Crippen molar-refractivity contribution in [2.75, 3.05) is 26.0 Å². The first kappa shape index (κ1) is 28.7. The van der Waals surface area contributed by atoms with E-state index in [1.54, 1.807) is 4.90 Å². The van der Waals surface area contributed by atoms with E-state index in [2.05, 4.69) is 13.8 Å². The predicted molar refractivity (Wildman–Crippen MR) is 129 cm³/mol. The number of unbranched alkanes of at least 4 members (excludes halogenated alkanes) is 4. The fourth-order valence-electron chi connectivity index (χ4n) is 3.40. The number of benzene rings is 1. The number of rotatable bonds is 15. The molecule has 32 heavy (non-hydrogen) atoms. The van der Waals surface area contributed by atoms with E-state index in [9.17, 15) is 18.0 Å². The lowest BCUT2D eigenvalue weighted by atomic mass is 10.0. The number of ether oxygens (including phenoxy) is 1. The highest BCUT2D eigenvalue weighted by molar-refractivity contribution is 7.91. The summed E-state index contributed by atoms with van der Waals surface area (Å²) >= 11 is 11.9. The Morgan fingerprint density at radius 1 is 1.00 bits per heavy atom. The molecule has 0 aliphatic rings. The maximum absolute atomic E-state index is 13.4. The number of methoxy groups -OCH3 is 1. The van der Waals surface area contributed by atoms with Gasteiger partial charge in [-0.2, -0.15) is 0 Å². The van der Waals surface area contributed by atoms with Crippen LogP contribution in [-0.4, -0.2) is 51.1 Å². The second kappa shape index (κ2) is 14.8. The Morgan fingerprint density at radius 2 is 1.59 bits per heavy atom. The van der Waals surface area contributed by atoms with Crippen molar-refractivity contribution in [1.82, 2.24) is 4.90 Å². The molecule has 1 atom stereocenters. The van der Waals surface area contributed by atoms with Crippen molar-refractivity contribution in [2.24, 2.45) is 5.92 Å². The number of amides is 1. The van der Waals surface area contributed by atoms with Gasteiger partial charge in [0.25, 0.3) is 0 Å². The van der Waals surface area contributed by atoms with E-state index in [4.69, 9.17) is 27.9 Å². The molecule has 0 N–H and O–H groups in total. The summed E-state index contributed by atoms with van der Waals surface area (Å²) in [4.78, 5) is 26.9. The van der Waals surface area contributed by atoms with Crippen molar-refractivity contribution in [3.8, 4) is 0 Å². The van der Waals surface area contributed by atoms with Gasteiger partial charge in [-0.15, -0.1) is 0 Å². The Bertz CT molecular complexity index is 835. The van der Waals surface area contributed by atoms with E-state index in [1.807, 2.05) is 0 Å². The van der Waals surface area contributed by atoms with Gasteiger partial charge in [-0.1, -0.05) is 62.7 Å². The molecule has 0 heterocycles. The van der Waals surface area contributed by atoms with Gasteiger partial charge in [0, 0.05) is 19.5 Å². The van der Waals surface area contributed by atoms with Gasteiger partial charge >= 0.3 is 5.97 Å². The number of carbonyl (C=O) groups is 2. The van der Waals surface area contributed by atoms with Gasteiger partial charge in [0.15, 0.2) is 9.84 Å². The molecule has 0 bridgehead atoms. The number of hydrogen-bond acceptors (Lipinski definition) is 5. The Morgan fingerprint density at radius 3 is 2.09 bits per heavy atom. The molecule has 6 nitrogen and oxygen atoms in total. The topological polar surface area (TPSA) is 80.8 Å². The monoisotopic (exact) mass is 507 g/mol. The lowest BCUT2D eigenvalue weighted by molar-refractivity contribution is -0.141. The number of sulfone groups is 1. The highest BCUT2D eigenvalue weighted by Gasteiger charge is 2.31. The molecule has 0 aliphatic carbocycles. The molecule has 0 saturated carbocycles. The Hall–Kier alpha value is -1.31. The van der Waals surface area contributed by atoms with Gasteiger partial charge < -0.3 is 9.64 Å². The molecule has 0 spiro atoms. The number of nitrogens with zero attached hydrogens (tertiary/aromatic N) is 1. The van der Waals surface area contributed by atoms with Crippen LogP contribution in [0.4, 0.5) is 0 Å². The first-order chi connectivity index (χ1) is 15.2. The minimum atomic E-state index is -3.82. The Kier molecular flexibility index (Phi) is 13.2. The van der Waals surface area contributed by atoms with Crippen LogP contribution in [0.2, 0.25) is 10.0 Å². The fraction of sp³-hybridized carbons (Fsp3) is 0.652. The molecule has 1 aromatic rings. The number of hydrogen-bond donors (Lipinski definition) is 0. The second-order valence-corrected chi connectivity index (χ2v) is 10.8. The molecule has 0 aliphatic heterocycles. The highest BCUT2D eigenvalue weighted by Crippen LogP contribution is 2.27. The van der Waals surface area contributed by atoms with Crippen LogP contribution in [0.25, 0.3) is 0 Å². The second-order valence-electron chi connectivity index (χ2n) is 7.91. The van der Waals surface area contributed by atoms with E-state index < -0.39 is 27.5 Å². The number of halogens is 2. The Labute approximate surface area is 202 Å². The van der Waals surface area contributed by atoms with E-state index in [-0.39, 0.29) is 33.7 Å². The summed E-state index contributed by atoms with van der Waals surface area (Å²) in [5, 5.41) is 0.382. The standard InChI is InChI=1S/C23H35Cl2NO5S/c1-4-6-8-14-26(15-9-7-5-2)23(28)18(10-13-22(27)31-3)17-32(29,30)19-11-12-20(24)21(25)16-19/h11-12,16,18H,4-10,13-15,17H2,1-3H3. The van der Waals surface area contributed by atoms with Crippen molar-refractivity contribution in [3.63, 3.8) is 0 Å². The van der Waals surface area contributed by atoms with Gasteiger partial charge in [0.05, 0.1) is 33.7 Å². The highest BCUT2D eigenvalue weighted by atomic mass is 35.5. The van der Waals surface area contributed by atoms with E-state index >= 15 is 0 Å². The van der Waals surface area contributed by atoms with Gasteiger partial charge in [0.1, 0.15) is 0 Å². The third-order valence-electron chi connectivity index (χ3n) is 5.32. The van der Waals surface area contributed by atoms with Crippen molar-refractivity contribution in [3.05, 3.63) is 28.2 Å². The molecule has 0 aromatic heterocycles. The molecule has 1 amide bonds. The molecule has 1 rings (SSSR count). The van der Waals surface area contributed by atoms with Crippen LogP contribution in [0.1, 0.15) is 65.2 Å². The van der Waals surface area contributed by atoms with Crippen LogP contribution < -0.4 is 0 Å². The molecule has 182 valence electrons. The zero-order valence-electron chi connectivity index (χ0n) is 19.2. The SMILES string of the molecule is CCCCCN(CCCCC)C(=O)C(CCC(=O)OC)CS(=O)(=O)c1ccc(Cl)c(Cl)c1. The van der Waals surface area contributed by atoms with Crippen LogP contribution in [0.3, 0.4) is 0 Å². The molecule has 1 unspecified atom stereocenters. The summed E-state index contributed by atoms with van der Waals surface area (Å²) in [7, 11) is -2.55. The smallest absolute Gasteiger partial charge is 0.305 e. The quantitative estimate of drug-likeness (QED) is 0.229. The normalized spacial score (nSPS) is 12.4. The summed E-state index contributed by atoms with van der Waals surface area (Å²) < 4.78 is 30.9. The van der Waals surface area contributed by atoms with Crippen molar-refractivity contribution in [1.29, 1.82) is 0 Å². The average Bonchev–Trinajstić information content (AvgIpc) is 2.76. The maximum atomic E-state index is 13.4. The zero-order valence-corrected chi connectivity index (χ0v) is 21.6. The van der Waals surface area contributed by atoms with Crippen LogP contribution in [0.5, 0.6) is 0 Å². The third kappa shape index (κ3) is 9.67. The van der Waals surface area contributed by atoms with Crippen molar-refractivity contribution >= 4 is 44.9 Å². The largest absolute Gasteiger partial charge is 0.469 e. The molecule has 1 aromatic carbocycles. The van der Waals surface area contributed by atoms with Gasteiger partial charge in [-0.05, 0) is 37.5 Å². The summed E-state index contributed by atoms with van der Waals surface area (Å²) in [6.45, 7) is 5.34. The van der Waals surface area contributed by atoms with E-state index in [1.165, 1.54) is 25.3 Å². The van der Waals surface area contributed by atoms with E-state index in [0.717, 1.165) is 38.5 Å². The fourth-order valence-corrected chi connectivity index (χ4v) is 5.37.